The summed E-state index contributed by atoms with van der Waals surface area (Å²) in [7, 11) is 0. The van der Waals surface area contributed by atoms with Gasteiger partial charge >= 0.3 is 5.97 Å². The summed E-state index contributed by atoms with van der Waals surface area (Å²) in [6.07, 6.45) is -1.44. The van der Waals surface area contributed by atoms with E-state index in [4.69, 9.17) is 0 Å². The highest BCUT2D eigenvalue weighted by Crippen LogP contribution is 2.15. The van der Waals surface area contributed by atoms with Crippen LogP contribution in [0.3, 0.4) is 0 Å². The molecule has 0 saturated carbocycles. The molecule has 0 radical (unpaired) electrons. The summed E-state index contributed by atoms with van der Waals surface area (Å²) in [6, 6.07) is 22.5. The van der Waals surface area contributed by atoms with Crippen molar-refractivity contribution >= 4 is 17.7 Å². The molecule has 6 nitrogen and oxygen atoms in total. The molecule has 0 aliphatic carbocycles. The smallest absolute Gasteiger partial charge is 0.326 e. The molecule has 6 heteroatoms. The van der Waals surface area contributed by atoms with E-state index in [1.165, 1.54) is 0 Å². The van der Waals surface area contributed by atoms with E-state index in [9.17, 15) is 24.6 Å². The van der Waals surface area contributed by atoms with Crippen LogP contribution in [0, 0.1) is 0 Å². The molecule has 0 saturated heterocycles. The van der Waals surface area contributed by atoms with Gasteiger partial charge in [0.05, 0.1) is 0 Å². The van der Waals surface area contributed by atoms with Crippen molar-refractivity contribution in [2.45, 2.75) is 18.6 Å². The number of carbonyl (C=O) groups excluding carboxylic acids is 2. The minimum atomic E-state index is -1.46. The number of aliphatic hydroxyl groups is 1. The Morgan fingerprint density at radius 3 is 1.87 bits per heavy atom. The zero-order valence-corrected chi connectivity index (χ0v) is 16.1. The highest BCUT2D eigenvalue weighted by molar-refractivity contribution is 6.08. The van der Waals surface area contributed by atoms with E-state index in [0.29, 0.717) is 22.3 Å². The number of benzene rings is 3. The molecule has 0 aromatic heterocycles. The van der Waals surface area contributed by atoms with Gasteiger partial charge in [0.15, 0.2) is 11.9 Å². The molecule has 0 fully saturated rings. The van der Waals surface area contributed by atoms with Crippen LogP contribution in [-0.2, 0) is 16.0 Å². The van der Waals surface area contributed by atoms with E-state index >= 15 is 0 Å². The summed E-state index contributed by atoms with van der Waals surface area (Å²) in [4.78, 5) is 36.4. The Bertz CT molecular complexity index is 1020. The van der Waals surface area contributed by atoms with Gasteiger partial charge in [-0.2, -0.15) is 0 Å². The van der Waals surface area contributed by atoms with Crippen molar-refractivity contribution in [2.75, 3.05) is 0 Å². The minimum absolute atomic E-state index is 0.0163. The fourth-order valence-corrected chi connectivity index (χ4v) is 3.02. The van der Waals surface area contributed by atoms with Crippen LogP contribution in [0.4, 0.5) is 0 Å². The van der Waals surface area contributed by atoms with Gasteiger partial charge in [0.1, 0.15) is 6.04 Å². The largest absolute Gasteiger partial charge is 0.480 e. The van der Waals surface area contributed by atoms with Crippen molar-refractivity contribution in [1.82, 2.24) is 5.32 Å². The third kappa shape index (κ3) is 5.18. The van der Waals surface area contributed by atoms with E-state index in [2.05, 4.69) is 5.32 Å². The third-order valence-electron chi connectivity index (χ3n) is 4.67. The lowest BCUT2D eigenvalue weighted by Gasteiger charge is -2.18. The Hall–Kier alpha value is -3.77. The molecule has 2 atom stereocenters. The first kappa shape index (κ1) is 21.0. The van der Waals surface area contributed by atoms with Gasteiger partial charge in [0.25, 0.3) is 5.91 Å². The number of hydrogen-bond acceptors (Lipinski definition) is 4. The Morgan fingerprint density at radius 1 is 0.767 bits per heavy atom. The maximum Gasteiger partial charge on any atom is 0.326 e. The van der Waals surface area contributed by atoms with Gasteiger partial charge in [-0.15, -0.1) is 0 Å². The molecule has 152 valence electrons. The standard InChI is InChI=1S/C24H21NO5/c26-21(17-7-3-1-4-8-17)19-13-11-16(12-14-19)15-20(24(29)30)25-23(28)22(27)18-9-5-2-6-10-18/h1-14,20,22,27H,15H2,(H,25,28)(H,29,30)/t20-,22-/m0/s1. The fraction of sp³-hybridized carbons (Fsp3) is 0.125. The van der Waals surface area contributed by atoms with Crippen molar-refractivity contribution in [3.63, 3.8) is 0 Å². The van der Waals surface area contributed by atoms with Gasteiger partial charge in [-0.05, 0) is 11.1 Å². The zero-order valence-electron chi connectivity index (χ0n) is 16.1. The summed E-state index contributed by atoms with van der Waals surface area (Å²) in [6.45, 7) is 0. The predicted molar refractivity (Wildman–Crippen MR) is 111 cm³/mol. The average molecular weight is 403 g/mol. The van der Waals surface area contributed by atoms with Crippen LogP contribution in [0.25, 0.3) is 0 Å². The van der Waals surface area contributed by atoms with Crippen LogP contribution >= 0.6 is 0 Å². The number of aliphatic carboxylic acids is 1. The summed E-state index contributed by atoms with van der Waals surface area (Å²) in [5.74, 6) is -2.13. The van der Waals surface area contributed by atoms with Gasteiger partial charge in [-0.1, -0.05) is 84.9 Å². The van der Waals surface area contributed by atoms with Gasteiger partial charge in [-0.25, -0.2) is 4.79 Å². The molecular formula is C24H21NO5. The van der Waals surface area contributed by atoms with E-state index in [1.807, 2.05) is 6.07 Å². The number of ketones is 1. The number of nitrogens with one attached hydrogen (secondary N) is 1. The van der Waals surface area contributed by atoms with Gasteiger partial charge < -0.3 is 15.5 Å². The molecule has 1 amide bonds. The third-order valence-corrected chi connectivity index (χ3v) is 4.67. The van der Waals surface area contributed by atoms with Crippen LogP contribution < -0.4 is 5.32 Å². The molecule has 0 bridgehead atoms. The second-order valence-electron chi connectivity index (χ2n) is 6.81. The number of rotatable bonds is 8. The maximum absolute atomic E-state index is 12.5. The molecule has 0 aliphatic heterocycles. The Kier molecular flexibility index (Phi) is 6.72. The lowest BCUT2D eigenvalue weighted by Crippen LogP contribution is -2.44. The van der Waals surface area contributed by atoms with Gasteiger partial charge in [-0.3, -0.25) is 9.59 Å². The lowest BCUT2D eigenvalue weighted by atomic mass is 9.99. The number of aliphatic hydroxyl groups excluding tert-OH is 1. The summed E-state index contributed by atoms with van der Waals surface area (Å²) >= 11 is 0. The first-order valence-corrected chi connectivity index (χ1v) is 9.40. The number of amides is 1. The van der Waals surface area contributed by atoms with Crippen LogP contribution in [0.5, 0.6) is 0 Å². The van der Waals surface area contributed by atoms with E-state index in [-0.39, 0.29) is 12.2 Å². The first-order chi connectivity index (χ1) is 14.5. The number of carbonyl (C=O) groups is 3. The second kappa shape index (κ2) is 9.62. The maximum atomic E-state index is 12.5. The molecule has 3 aromatic carbocycles. The lowest BCUT2D eigenvalue weighted by molar-refractivity contribution is -0.143. The first-order valence-electron chi connectivity index (χ1n) is 9.40. The SMILES string of the molecule is O=C(c1ccccc1)c1ccc(C[C@H](NC(=O)[C@@H](O)c2ccccc2)C(=O)O)cc1. The Balaban J connectivity index is 1.67. The summed E-state index contributed by atoms with van der Waals surface area (Å²) < 4.78 is 0. The Labute approximate surface area is 173 Å². The fourth-order valence-electron chi connectivity index (χ4n) is 3.02. The van der Waals surface area contributed by atoms with E-state index in [0.717, 1.165) is 0 Å². The number of carboxylic acid groups (broad SMARTS) is 1. The van der Waals surface area contributed by atoms with Crippen molar-refractivity contribution in [3.05, 3.63) is 107 Å². The van der Waals surface area contributed by atoms with Gasteiger partial charge in [0, 0.05) is 17.5 Å². The molecular weight excluding hydrogens is 382 g/mol. The number of carboxylic acids is 1. The molecule has 0 unspecified atom stereocenters. The Morgan fingerprint density at radius 2 is 1.30 bits per heavy atom. The topological polar surface area (TPSA) is 104 Å². The molecule has 0 aliphatic rings. The van der Waals surface area contributed by atoms with Crippen LogP contribution in [0.1, 0.15) is 33.2 Å². The van der Waals surface area contributed by atoms with Crippen LogP contribution in [0.15, 0.2) is 84.9 Å². The minimum Gasteiger partial charge on any atom is -0.480 e. The molecule has 3 N–H and O–H groups in total. The van der Waals surface area contributed by atoms with E-state index in [1.54, 1.807) is 78.9 Å². The van der Waals surface area contributed by atoms with Crippen molar-refractivity contribution in [1.29, 1.82) is 0 Å². The number of hydrogen-bond donors (Lipinski definition) is 3. The van der Waals surface area contributed by atoms with Crippen molar-refractivity contribution in [2.24, 2.45) is 0 Å². The predicted octanol–water partition coefficient (Wildman–Crippen LogP) is 2.76. The monoisotopic (exact) mass is 403 g/mol. The highest BCUT2D eigenvalue weighted by Gasteiger charge is 2.25. The van der Waals surface area contributed by atoms with Gasteiger partial charge in [0.2, 0.25) is 0 Å². The van der Waals surface area contributed by atoms with Crippen molar-refractivity contribution in [3.8, 4) is 0 Å². The zero-order chi connectivity index (χ0) is 21.5. The second-order valence-corrected chi connectivity index (χ2v) is 6.81. The van der Waals surface area contributed by atoms with Crippen molar-refractivity contribution < 1.29 is 24.6 Å². The van der Waals surface area contributed by atoms with Crippen LogP contribution in [-0.4, -0.2) is 33.9 Å². The summed E-state index contributed by atoms with van der Waals surface area (Å²) in [5, 5.41) is 22.0. The normalized spacial score (nSPS) is 12.6. The molecule has 3 aromatic rings. The van der Waals surface area contributed by atoms with E-state index < -0.39 is 24.0 Å². The molecule has 30 heavy (non-hydrogen) atoms. The molecule has 0 heterocycles. The summed E-state index contributed by atoms with van der Waals surface area (Å²) in [5.41, 5.74) is 2.07. The van der Waals surface area contributed by atoms with Crippen LogP contribution in [0.2, 0.25) is 0 Å². The quantitative estimate of drug-likeness (QED) is 0.502. The average Bonchev–Trinajstić information content (AvgIpc) is 2.79. The molecule has 0 spiro atoms. The molecule has 3 rings (SSSR count). The highest BCUT2D eigenvalue weighted by atomic mass is 16.4.